The largest absolute Gasteiger partial charge is 0.495 e. The van der Waals surface area contributed by atoms with Crippen LogP contribution in [0.15, 0.2) is 36.4 Å². The molecular weight excluding hydrogens is 450 g/mol. The van der Waals surface area contributed by atoms with Crippen molar-refractivity contribution in [1.29, 1.82) is 0 Å². The first kappa shape index (κ1) is 22.7. The van der Waals surface area contributed by atoms with E-state index in [0.29, 0.717) is 61.7 Å². The Hall–Kier alpha value is -4.08. The van der Waals surface area contributed by atoms with Crippen LogP contribution in [0.4, 0.5) is 11.4 Å². The number of benzene rings is 2. The molecule has 2 aromatic rings. The van der Waals surface area contributed by atoms with Crippen molar-refractivity contribution < 1.29 is 23.9 Å². The van der Waals surface area contributed by atoms with Gasteiger partial charge >= 0.3 is 0 Å². The smallest absolute Gasteiger partial charge is 0.255 e. The number of piperazine rings is 1. The molecule has 10 heteroatoms. The van der Waals surface area contributed by atoms with E-state index in [1.807, 2.05) is 17.0 Å². The first-order valence-corrected chi connectivity index (χ1v) is 11.6. The third-order valence-electron chi connectivity index (χ3n) is 6.92. The number of rotatable bonds is 4. The molecule has 2 fully saturated rings. The number of anilines is 2. The van der Waals surface area contributed by atoms with Crippen molar-refractivity contribution in [1.82, 2.24) is 15.1 Å². The number of hydrogen-bond acceptors (Lipinski definition) is 7. The molecule has 4 amide bonds. The third-order valence-corrected chi connectivity index (χ3v) is 6.92. The molecule has 5 rings (SSSR count). The summed E-state index contributed by atoms with van der Waals surface area (Å²) in [5.41, 5.74) is 9.31. The summed E-state index contributed by atoms with van der Waals surface area (Å²) in [4.78, 5) is 55.2. The Labute approximate surface area is 202 Å². The van der Waals surface area contributed by atoms with E-state index in [1.54, 1.807) is 29.2 Å². The number of imide groups is 1. The molecule has 35 heavy (non-hydrogen) atoms. The van der Waals surface area contributed by atoms with Crippen molar-refractivity contribution >= 4 is 35.0 Å². The van der Waals surface area contributed by atoms with E-state index in [-0.39, 0.29) is 24.1 Å². The van der Waals surface area contributed by atoms with E-state index in [2.05, 4.69) is 10.2 Å². The molecule has 10 nitrogen and oxygen atoms in total. The summed E-state index contributed by atoms with van der Waals surface area (Å²) in [5.74, 6) is -0.487. The number of nitrogen functional groups attached to an aromatic ring is 1. The zero-order valence-electron chi connectivity index (χ0n) is 19.5. The summed E-state index contributed by atoms with van der Waals surface area (Å²) in [6.07, 6.45) is 0.570. The summed E-state index contributed by atoms with van der Waals surface area (Å²) in [6.45, 7) is 2.77. The summed E-state index contributed by atoms with van der Waals surface area (Å²) in [7, 11) is 1.52. The molecule has 2 aromatic carbocycles. The van der Waals surface area contributed by atoms with Gasteiger partial charge in [-0.05, 0) is 48.4 Å². The van der Waals surface area contributed by atoms with Crippen LogP contribution in [0.5, 0.6) is 5.75 Å². The molecule has 1 unspecified atom stereocenters. The van der Waals surface area contributed by atoms with Crippen LogP contribution < -0.4 is 20.7 Å². The summed E-state index contributed by atoms with van der Waals surface area (Å²) in [6, 6.07) is 10.1. The van der Waals surface area contributed by atoms with Crippen molar-refractivity contribution in [3.05, 3.63) is 53.1 Å². The summed E-state index contributed by atoms with van der Waals surface area (Å²) >= 11 is 0. The molecule has 3 aliphatic heterocycles. The predicted octanol–water partition coefficient (Wildman–Crippen LogP) is 1.00. The van der Waals surface area contributed by atoms with Crippen molar-refractivity contribution in [2.45, 2.75) is 25.4 Å². The van der Waals surface area contributed by atoms with Gasteiger partial charge in [0.2, 0.25) is 11.8 Å². The first-order chi connectivity index (χ1) is 16.9. The SMILES string of the molecule is COc1cc(C(=O)N2CCN(c3ccc4c(c3)CN(C3CCC(=O)NC3=O)C4=O)CC2)ccc1N. The number of nitrogens with two attached hydrogens (primary N) is 1. The zero-order chi connectivity index (χ0) is 24.7. The Morgan fingerprint density at radius 2 is 1.83 bits per heavy atom. The number of amides is 4. The highest BCUT2D eigenvalue weighted by molar-refractivity contribution is 6.05. The van der Waals surface area contributed by atoms with Gasteiger partial charge in [0.25, 0.3) is 11.8 Å². The van der Waals surface area contributed by atoms with Crippen LogP contribution in [-0.4, -0.2) is 72.8 Å². The molecule has 3 N–H and O–H groups in total. The van der Waals surface area contributed by atoms with Crippen LogP contribution in [0.25, 0.3) is 0 Å². The number of carbonyl (C=O) groups excluding carboxylic acids is 4. The van der Waals surface area contributed by atoms with E-state index in [9.17, 15) is 19.2 Å². The number of ether oxygens (including phenoxy) is 1. The lowest BCUT2D eigenvalue weighted by Gasteiger charge is -2.36. The van der Waals surface area contributed by atoms with Gasteiger partial charge in [-0.3, -0.25) is 24.5 Å². The van der Waals surface area contributed by atoms with Crippen molar-refractivity contribution in [3.8, 4) is 5.75 Å². The molecular formula is C25H27N5O5. The molecule has 1 atom stereocenters. The van der Waals surface area contributed by atoms with Crippen LogP contribution in [-0.2, 0) is 16.1 Å². The number of fused-ring (bicyclic) bond motifs is 1. The van der Waals surface area contributed by atoms with Gasteiger partial charge in [0, 0.05) is 56.0 Å². The van der Waals surface area contributed by atoms with E-state index in [1.165, 1.54) is 7.11 Å². The topological polar surface area (TPSA) is 125 Å². The van der Waals surface area contributed by atoms with Crippen LogP contribution in [0.3, 0.4) is 0 Å². The van der Waals surface area contributed by atoms with Crippen molar-refractivity contribution in [2.24, 2.45) is 0 Å². The van der Waals surface area contributed by atoms with Crippen LogP contribution in [0, 0.1) is 0 Å². The second-order valence-electron chi connectivity index (χ2n) is 8.98. The minimum absolute atomic E-state index is 0.0672. The Bertz CT molecular complexity index is 1220. The van der Waals surface area contributed by atoms with Crippen LogP contribution in [0.1, 0.15) is 39.1 Å². The van der Waals surface area contributed by atoms with Gasteiger partial charge in [-0.2, -0.15) is 0 Å². The van der Waals surface area contributed by atoms with Crippen molar-refractivity contribution in [2.75, 3.05) is 43.9 Å². The number of piperidine rings is 1. The van der Waals surface area contributed by atoms with Gasteiger partial charge in [-0.25, -0.2) is 0 Å². The van der Waals surface area contributed by atoms with Gasteiger partial charge in [0.15, 0.2) is 0 Å². The molecule has 0 saturated carbocycles. The number of hydrogen-bond donors (Lipinski definition) is 2. The minimum atomic E-state index is -0.627. The molecule has 0 aromatic heterocycles. The van der Waals surface area contributed by atoms with E-state index in [0.717, 1.165) is 11.3 Å². The average molecular weight is 478 g/mol. The van der Waals surface area contributed by atoms with E-state index < -0.39 is 11.9 Å². The maximum Gasteiger partial charge on any atom is 0.255 e. The fraction of sp³-hybridized carbons (Fsp3) is 0.360. The van der Waals surface area contributed by atoms with Crippen molar-refractivity contribution in [3.63, 3.8) is 0 Å². The standard InChI is InChI=1S/C25H27N5O5/c1-35-21-13-15(2-5-19(21)26)24(33)29-10-8-28(9-11-29)17-3-4-18-16(12-17)14-30(25(18)34)20-6-7-22(31)27-23(20)32/h2-5,12-13,20H,6-11,14,26H2,1H3,(H,27,31,32). The minimum Gasteiger partial charge on any atom is -0.495 e. The van der Waals surface area contributed by atoms with E-state index >= 15 is 0 Å². The predicted molar refractivity (Wildman–Crippen MR) is 128 cm³/mol. The lowest BCUT2D eigenvalue weighted by molar-refractivity contribution is -0.136. The molecule has 3 aliphatic rings. The molecule has 0 radical (unpaired) electrons. The highest BCUT2D eigenvalue weighted by atomic mass is 16.5. The Kier molecular flexibility index (Phi) is 5.80. The lowest BCUT2D eigenvalue weighted by Crippen LogP contribution is -2.52. The summed E-state index contributed by atoms with van der Waals surface area (Å²) < 4.78 is 5.23. The normalized spacial score (nSPS) is 20.1. The van der Waals surface area contributed by atoms with Crippen LogP contribution in [0.2, 0.25) is 0 Å². The quantitative estimate of drug-likeness (QED) is 0.497. The van der Waals surface area contributed by atoms with Gasteiger partial charge in [0.1, 0.15) is 11.8 Å². The molecule has 182 valence electrons. The van der Waals surface area contributed by atoms with Crippen LogP contribution >= 0.6 is 0 Å². The van der Waals surface area contributed by atoms with Gasteiger partial charge in [-0.15, -0.1) is 0 Å². The second kappa shape index (κ2) is 8.94. The van der Waals surface area contributed by atoms with Gasteiger partial charge in [0.05, 0.1) is 12.8 Å². The Balaban J connectivity index is 1.24. The molecule has 0 bridgehead atoms. The maximum atomic E-state index is 13.0. The monoisotopic (exact) mass is 477 g/mol. The highest BCUT2D eigenvalue weighted by Gasteiger charge is 2.39. The maximum absolute atomic E-state index is 13.0. The first-order valence-electron chi connectivity index (χ1n) is 11.6. The van der Waals surface area contributed by atoms with E-state index in [4.69, 9.17) is 10.5 Å². The average Bonchev–Trinajstić information content (AvgIpc) is 3.19. The molecule has 3 heterocycles. The molecule has 2 saturated heterocycles. The third kappa shape index (κ3) is 4.16. The zero-order valence-corrected chi connectivity index (χ0v) is 19.5. The molecule has 0 spiro atoms. The van der Waals surface area contributed by atoms with Gasteiger partial charge in [-0.1, -0.05) is 0 Å². The Morgan fingerprint density at radius 3 is 2.54 bits per heavy atom. The number of nitrogens with zero attached hydrogens (tertiary/aromatic N) is 3. The number of carbonyl (C=O) groups is 4. The number of methoxy groups -OCH3 is 1. The summed E-state index contributed by atoms with van der Waals surface area (Å²) in [5, 5.41) is 2.33. The fourth-order valence-corrected chi connectivity index (χ4v) is 4.95. The highest BCUT2D eigenvalue weighted by Crippen LogP contribution is 2.31. The number of nitrogens with one attached hydrogen (secondary N) is 1. The van der Waals surface area contributed by atoms with Gasteiger partial charge < -0.3 is 25.2 Å². The molecule has 0 aliphatic carbocycles. The second-order valence-corrected chi connectivity index (χ2v) is 8.98. The lowest BCUT2D eigenvalue weighted by atomic mass is 10.0. The Morgan fingerprint density at radius 1 is 1.06 bits per heavy atom. The fourth-order valence-electron chi connectivity index (χ4n) is 4.95.